The number of benzene rings is 2. The summed E-state index contributed by atoms with van der Waals surface area (Å²) in [4.78, 5) is 28.6. The minimum absolute atomic E-state index is 0.0898. The van der Waals surface area contributed by atoms with Crippen molar-refractivity contribution in [2.24, 2.45) is 5.92 Å². The van der Waals surface area contributed by atoms with Crippen molar-refractivity contribution in [2.45, 2.75) is 62.1 Å². The standard InChI is InChI=1S/C25H29FN2O2S/c1-25(2)24(30)28(16-19-10-6-7-11-20(19)26)21-14-18(12-13-22(21)31-25)23(29)27-15-17-8-4-3-5-9-17/h6-7,10-14,17H,3-5,8-9,15-16H2,1-2H3,(H,27,29). The van der Waals surface area contributed by atoms with Gasteiger partial charge in [0.05, 0.1) is 17.0 Å². The van der Waals surface area contributed by atoms with Crippen LogP contribution in [0.1, 0.15) is 61.9 Å². The topological polar surface area (TPSA) is 49.4 Å². The van der Waals surface area contributed by atoms with E-state index in [-0.39, 0.29) is 24.2 Å². The predicted molar refractivity (Wildman–Crippen MR) is 123 cm³/mol. The number of thioether (sulfide) groups is 1. The third-order valence-electron chi connectivity index (χ3n) is 6.20. The van der Waals surface area contributed by atoms with Crippen molar-refractivity contribution in [3.05, 3.63) is 59.4 Å². The minimum Gasteiger partial charge on any atom is -0.352 e. The van der Waals surface area contributed by atoms with Crippen LogP contribution in [0.4, 0.5) is 10.1 Å². The van der Waals surface area contributed by atoms with Crippen molar-refractivity contribution in [3.63, 3.8) is 0 Å². The Labute approximate surface area is 187 Å². The Morgan fingerprint density at radius 1 is 1.16 bits per heavy atom. The molecule has 1 fully saturated rings. The zero-order valence-corrected chi connectivity index (χ0v) is 18.9. The number of halogens is 1. The molecule has 1 saturated carbocycles. The molecule has 4 nitrogen and oxygen atoms in total. The number of carbonyl (C=O) groups is 2. The van der Waals surface area contributed by atoms with E-state index in [4.69, 9.17) is 0 Å². The zero-order chi connectivity index (χ0) is 22.0. The van der Waals surface area contributed by atoms with E-state index in [1.807, 2.05) is 26.0 Å². The van der Waals surface area contributed by atoms with Crippen molar-refractivity contribution < 1.29 is 14.0 Å². The molecule has 0 bridgehead atoms. The SMILES string of the molecule is CC1(C)Sc2ccc(C(=O)NCC3CCCCC3)cc2N(Cc2ccccc2F)C1=O. The summed E-state index contributed by atoms with van der Waals surface area (Å²) in [5.74, 6) is -0.00501. The smallest absolute Gasteiger partial charge is 0.251 e. The van der Waals surface area contributed by atoms with E-state index in [9.17, 15) is 14.0 Å². The van der Waals surface area contributed by atoms with Crippen LogP contribution in [0, 0.1) is 11.7 Å². The summed E-state index contributed by atoms with van der Waals surface area (Å²) < 4.78 is 13.7. The quantitative estimate of drug-likeness (QED) is 0.663. The van der Waals surface area contributed by atoms with Gasteiger partial charge in [0.2, 0.25) is 5.91 Å². The second-order valence-electron chi connectivity index (χ2n) is 8.99. The third-order valence-corrected chi connectivity index (χ3v) is 7.45. The molecule has 164 valence electrons. The van der Waals surface area contributed by atoms with Crippen LogP contribution in [0.3, 0.4) is 0 Å². The summed E-state index contributed by atoms with van der Waals surface area (Å²) in [6, 6.07) is 12.0. The molecular weight excluding hydrogens is 411 g/mol. The summed E-state index contributed by atoms with van der Waals surface area (Å²) in [6.45, 7) is 4.58. The minimum atomic E-state index is -0.664. The van der Waals surface area contributed by atoms with Gasteiger partial charge in [-0.3, -0.25) is 9.59 Å². The van der Waals surface area contributed by atoms with Crippen molar-refractivity contribution >= 4 is 29.3 Å². The van der Waals surface area contributed by atoms with E-state index < -0.39 is 4.75 Å². The maximum absolute atomic E-state index is 14.3. The van der Waals surface area contributed by atoms with Gasteiger partial charge in [-0.2, -0.15) is 0 Å². The number of nitrogens with one attached hydrogen (secondary N) is 1. The van der Waals surface area contributed by atoms with Crippen molar-refractivity contribution in [2.75, 3.05) is 11.4 Å². The molecular formula is C25H29FN2O2S. The summed E-state index contributed by atoms with van der Waals surface area (Å²) in [5.41, 5.74) is 1.65. The summed E-state index contributed by atoms with van der Waals surface area (Å²) in [5, 5.41) is 3.07. The van der Waals surface area contributed by atoms with Crippen LogP contribution in [0.15, 0.2) is 47.4 Å². The van der Waals surface area contributed by atoms with Gasteiger partial charge in [0.15, 0.2) is 0 Å². The number of rotatable bonds is 5. The van der Waals surface area contributed by atoms with Crippen molar-refractivity contribution in [1.82, 2.24) is 5.32 Å². The largest absolute Gasteiger partial charge is 0.352 e. The van der Waals surface area contributed by atoms with Crippen LogP contribution in [0.2, 0.25) is 0 Å². The van der Waals surface area contributed by atoms with Crippen LogP contribution in [0.25, 0.3) is 0 Å². The molecule has 0 aromatic heterocycles. The van der Waals surface area contributed by atoms with E-state index in [0.29, 0.717) is 29.3 Å². The highest BCUT2D eigenvalue weighted by Gasteiger charge is 2.40. The van der Waals surface area contributed by atoms with Gasteiger partial charge in [-0.25, -0.2) is 4.39 Å². The molecule has 0 spiro atoms. The van der Waals surface area contributed by atoms with E-state index in [2.05, 4.69) is 5.32 Å². The van der Waals surface area contributed by atoms with Gasteiger partial charge in [0, 0.05) is 22.6 Å². The highest BCUT2D eigenvalue weighted by Crippen LogP contribution is 2.46. The van der Waals surface area contributed by atoms with Gasteiger partial charge in [-0.15, -0.1) is 11.8 Å². The van der Waals surface area contributed by atoms with Gasteiger partial charge in [-0.05, 0) is 56.9 Å². The normalized spacial score (nSPS) is 18.5. The second kappa shape index (κ2) is 9.03. The molecule has 1 heterocycles. The molecule has 31 heavy (non-hydrogen) atoms. The number of hydrogen-bond acceptors (Lipinski definition) is 3. The average Bonchev–Trinajstić information content (AvgIpc) is 2.77. The van der Waals surface area contributed by atoms with Gasteiger partial charge < -0.3 is 10.2 Å². The third kappa shape index (κ3) is 4.79. The fourth-order valence-corrected chi connectivity index (χ4v) is 5.55. The Morgan fingerprint density at radius 3 is 2.65 bits per heavy atom. The van der Waals surface area contributed by atoms with E-state index in [0.717, 1.165) is 4.90 Å². The van der Waals surface area contributed by atoms with Crippen LogP contribution >= 0.6 is 11.8 Å². The van der Waals surface area contributed by atoms with Gasteiger partial charge in [0.1, 0.15) is 5.82 Å². The van der Waals surface area contributed by atoms with E-state index in [1.54, 1.807) is 29.2 Å². The molecule has 2 aromatic rings. The Bertz CT molecular complexity index is 985. The highest BCUT2D eigenvalue weighted by atomic mass is 32.2. The predicted octanol–water partition coefficient (Wildman–Crippen LogP) is 5.55. The van der Waals surface area contributed by atoms with E-state index >= 15 is 0 Å². The fraction of sp³-hybridized carbons (Fsp3) is 0.440. The number of nitrogens with zero attached hydrogens (tertiary/aromatic N) is 1. The zero-order valence-electron chi connectivity index (χ0n) is 18.1. The molecule has 2 aromatic carbocycles. The Morgan fingerprint density at radius 2 is 1.90 bits per heavy atom. The number of amides is 2. The first-order chi connectivity index (χ1) is 14.8. The summed E-state index contributed by atoms with van der Waals surface area (Å²) in [7, 11) is 0. The Balaban J connectivity index is 1.58. The lowest BCUT2D eigenvalue weighted by Crippen LogP contribution is -2.46. The number of hydrogen-bond donors (Lipinski definition) is 1. The number of carbonyl (C=O) groups excluding carboxylic acids is 2. The molecule has 1 aliphatic heterocycles. The molecule has 0 atom stereocenters. The molecule has 0 saturated heterocycles. The van der Waals surface area contributed by atoms with E-state index in [1.165, 1.54) is 49.9 Å². The lowest BCUT2D eigenvalue weighted by atomic mass is 9.89. The molecule has 0 radical (unpaired) electrons. The maximum Gasteiger partial charge on any atom is 0.251 e. The molecule has 1 N–H and O–H groups in total. The summed E-state index contributed by atoms with van der Waals surface area (Å²) >= 11 is 1.48. The highest BCUT2D eigenvalue weighted by molar-refractivity contribution is 8.01. The monoisotopic (exact) mass is 440 g/mol. The lowest BCUT2D eigenvalue weighted by molar-refractivity contribution is -0.120. The fourth-order valence-electron chi connectivity index (χ4n) is 4.39. The van der Waals surface area contributed by atoms with Gasteiger partial charge in [0.25, 0.3) is 5.91 Å². The number of anilines is 1. The van der Waals surface area contributed by atoms with Crippen LogP contribution in [-0.4, -0.2) is 23.1 Å². The molecule has 6 heteroatoms. The molecule has 2 aliphatic rings. The first-order valence-corrected chi connectivity index (χ1v) is 11.8. The first-order valence-electron chi connectivity index (χ1n) is 11.0. The Kier molecular flexibility index (Phi) is 6.37. The van der Waals surface area contributed by atoms with Gasteiger partial charge >= 0.3 is 0 Å². The molecule has 0 unspecified atom stereocenters. The molecule has 2 amide bonds. The second-order valence-corrected chi connectivity index (χ2v) is 10.7. The van der Waals surface area contributed by atoms with Crippen LogP contribution in [0.5, 0.6) is 0 Å². The maximum atomic E-state index is 14.3. The first kappa shape index (κ1) is 21.9. The van der Waals surface area contributed by atoms with Gasteiger partial charge in [-0.1, -0.05) is 37.5 Å². The molecule has 1 aliphatic carbocycles. The molecule has 4 rings (SSSR count). The van der Waals surface area contributed by atoms with Crippen molar-refractivity contribution in [3.8, 4) is 0 Å². The van der Waals surface area contributed by atoms with Crippen LogP contribution < -0.4 is 10.2 Å². The average molecular weight is 441 g/mol. The summed E-state index contributed by atoms with van der Waals surface area (Å²) in [6.07, 6.45) is 6.09. The lowest BCUT2D eigenvalue weighted by Gasteiger charge is -2.38. The van der Waals surface area contributed by atoms with Crippen LogP contribution in [-0.2, 0) is 11.3 Å². The van der Waals surface area contributed by atoms with Crippen molar-refractivity contribution in [1.29, 1.82) is 0 Å². The number of fused-ring (bicyclic) bond motifs is 1. The Hall–Kier alpha value is -2.34.